The van der Waals surface area contributed by atoms with Crippen LogP contribution in [0, 0.1) is 0 Å². The van der Waals surface area contributed by atoms with Crippen LogP contribution in [0.1, 0.15) is 18.4 Å². The van der Waals surface area contributed by atoms with Crippen LogP contribution in [-0.4, -0.2) is 43.1 Å². The van der Waals surface area contributed by atoms with Crippen molar-refractivity contribution in [1.82, 2.24) is 9.88 Å². The molecule has 2 heterocycles. The molecular weight excluding hydrogens is 260 g/mol. The molecule has 1 atom stereocenters. The minimum Gasteiger partial charge on any atom is -0.358 e. The van der Waals surface area contributed by atoms with E-state index < -0.39 is 0 Å². The molecule has 4 heteroatoms. The number of hydrogen-bond acceptors (Lipinski definition) is 4. The van der Waals surface area contributed by atoms with Crippen LogP contribution in [0.2, 0.25) is 0 Å². The number of anilines is 1. The normalized spacial score (nSPS) is 19.3. The molecule has 1 unspecified atom stereocenters. The molecule has 0 saturated carbocycles. The summed E-state index contributed by atoms with van der Waals surface area (Å²) in [6.07, 6.45) is 2.57. The molecule has 1 saturated heterocycles. The highest BCUT2D eigenvalue weighted by Gasteiger charge is 2.23. The van der Waals surface area contributed by atoms with Gasteiger partial charge in [-0.1, -0.05) is 18.2 Å². The SMILES string of the molecule is CN(CC1CCCN1C)c1nc2ccccc2cc1CN. The summed E-state index contributed by atoms with van der Waals surface area (Å²) < 4.78 is 0. The van der Waals surface area contributed by atoms with Crippen molar-refractivity contribution in [3.63, 3.8) is 0 Å². The first kappa shape index (κ1) is 14.3. The Balaban J connectivity index is 1.90. The summed E-state index contributed by atoms with van der Waals surface area (Å²) in [5.74, 6) is 1.02. The van der Waals surface area contributed by atoms with Crippen molar-refractivity contribution < 1.29 is 0 Å². The molecule has 1 aromatic carbocycles. The van der Waals surface area contributed by atoms with Gasteiger partial charge in [-0.25, -0.2) is 4.98 Å². The predicted molar refractivity (Wildman–Crippen MR) is 88.6 cm³/mol. The maximum Gasteiger partial charge on any atom is 0.133 e. The third-order valence-electron chi connectivity index (χ3n) is 4.52. The molecular formula is C17H24N4. The fourth-order valence-corrected chi connectivity index (χ4v) is 3.24. The Hall–Kier alpha value is -1.65. The number of aromatic nitrogens is 1. The van der Waals surface area contributed by atoms with E-state index in [-0.39, 0.29) is 0 Å². The second-order valence-corrected chi connectivity index (χ2v) is 6.03. The van der Waals surface area contributed by atoms with Crippen LogP contribution >= 0.6 is 0 Å². The molecule has 112 valence electrons. The van der Waals surface area contributed by atoms with Gasteiger partial charge in [-0.15, -0.1) is 0 Å². The minimum absolute atomic E-state index is 0.526. The van der Waals surface area contributed by atoms with Crippen LogP contribution in [-0.2, 0) is 6.54 Å². The van der Waals surface area contributed by atoms with Gasteiger partial charge in [-0.2, -0.15) is 0 Å². The Morgan fingerprint density at radius 1 is 1.38 bits per heavy atom. The summed E-state index contributed by atoms with van der Waals surface area (Å²) in [4.78, 5) is 9.55. The average molecular weight is 284 g/mol. The summed E-state index contributed by atoms with van der Waals surface area (Å²) in [5, 5.41) is 1.16. The van der Waals surface area contributed by atoms with Gasteiger partial charge < -0.3 is 15.5 Å². The van der Waals surface area contributed by atoms with Crippen molar-refractivity contribution in [2.45, 2.75) is 25.4 Å². The molecule has 0 amide bonds. The second kappa shape index (κ2) is 6.00. The van der Waals surface area contributed by atoms with E-state index in [2.05, 4.69) is 42.1 Å². The van der Waals surface area contributed by atoms with Gasteiger partial charge in [0, 0.05) is 37.1 Å². The molecule has 4 nitrogen and oxygen atoms in total. The Morgan fingerprint density at radius 2 is 2.19 bits per heavy atom. The summed E-state index contributed by atoms with van der Waals surface area (Å²) >= 11 is 0. The van der Waals surface area contributed by atoms with Gasteiger partial charge in [-0.3, -0.25) is 0 Å². The van der Waals surface area contributed by atoms with Crippen molar-refractivity contribution >= 4 is 16.7 Å². The van der Waals surface area contributed by atoms with E-state index in [4.69, 9.17) is 10.7 Å². The van der Waals surface area contributed by atoms with E-state index in [0.29, 0.717) is 12.6 Å². The van der Waals surface area contributed by atoms with Crippen molar-refractivity contribution in [1.29, 1.82) is 0 Å². The van der Waals surface area contributed by atoms with Crippen LogP contribution < -0.4 is 10.6 Å². The molecule has 3 rings (SSSR count). The fourth-order valence-electron chi connectivity index (χ4n) is 3.24. The van der Waals surface area contributed by atoms with E-state index in [1.807, 2.05) is 12.1 Å². The minimum atomic E-state index is 0.526. The van der Waals surface area contributed by atoms with E-state index in [0.717, 1.165) is 28.8 Å². The third kappa shape index (κ3) is 2.87. The first-order valence-electron chi connectivity index (χ1n) is 7.69. The highest BCUT2D eigenvalue weighted by molar-refractivity contribution is 5.81. The number of likely N-dealkylation sites (N-methyl/N-ethyl adjacent to an activating group) is 2. The smallest absolute Gasteiger partial charge is 0.133 e. The van der Waals surface area contributed by atoms with Gasteiger partial charge >= 0.3 is 0 Å². The first-order valence-corrected chi connectivity index (χ1v) is 7.69. The van der Waals surface area contributed by atoms with Gasteiger partial charge in [0.05, 0.1) is 5.52 Å². The molecule has 21 heavy (non-hydrogen) atoms. The summed E-state index contributed by atoms with van der Waals surface area (Å²) in [6, 6.07) is 11.0. The van der Waals surface area contributed by atoms with E-state index >= 15 is 0 Å². The molecule has 0 radical (unpaired) electrons. The van der Waals surface area contributed by atoms with Crippen molar-refractivity contribution in [2.24, 2.45) is 5.73 Å². The van der Waals surface area contributed by atoms with Crippen molar-refractivity contribution in [3.05, 3.63) is 35.9 Å². The largest absolute Gasteiger partial charge is 0.358 e. The van der Waals surface area contributed by atoms with Crippen LogP contribution in [0.5, 0.6) is 0 Å². The topological polar surface area (TPSA) is 45.4 Å². The standard InChI is InChI=1S/C17H24N4/c1-20-9-5-7-15(20)12-21(2)17-14(11-18)10-13-6-3-4-8-16(13)19-17/h3-4,6,8,10,15H,5,7,9,11-12,18H2,1-2H3. The number of nitrogens with zero attached hydrogens (tertiary/aromatic N) is 3. The lowest BCUT2D eigenvalue weighted by atomic mass is 10.1. The Labute approximate surface area is 126 Å². The molecule has 0 bridgehead atoms. The lowest BCUT2D eigenvalue weighted by molar-refractivity contribution is 0.314. The predicted octanol–water partition coefficient (Wildman–Crippen LogP) is 2.22. The molecule has 2 aromatic rings. The van der Waals surface area contributed by atoms with Crippen LogP contribution in [0.15, 0.2) is 30.3 Å². The zero-order valence-electron chi connectivity index (χ0n) is 12.9. The number of rotatable bonds is 4. The van der Waals surface area contributed by atoms with Gasteiger partial charge in [0.25, 0.3) is 0 Å². The molecule has 1 aromatic heterocycles. The van der Waals surface area contributed by atoms with Crippen LogP contribution in [0.3, 0.4) is 0 Å². The van der Waals surface area contributed by atoms with E-state index in [9.17, 15) is 0 Å². The number of hydrogen-bond donors (Lipinski definition) is 1. The number of pyridine rings is 1. The maximum absolute atomic E-state index is 5.94. The number of likely N-dealkylation sites (tertiary alicyclic amines) is 1. The molecule has 0 aliphatic carbocycles. The number of para-hydroxylation sites is 1. The van der Waals surface area contributed by atoms with Gasteiger partial charge in [0.1, 0.15) is 5.82 Å². The number of fused-ring (bicyclic) bond motifs is 1. The summed E-state index contributed by atoms with van der Waals surface area (Å²) in [6.45, 7) is 2.74. The number of nitrogens with two attached hydrogens (primary N) is 1. The van der Waals surface area contributed by atoms with Gasteiger partial charge in [0.2, 0.25) is 0 Å². The highest BCUT2D eigenvalue weighted by Crippen LogP contribution is 2.24. The molecule has 2 N–H and O–H groups in total. The highest BCUT2D eigenvalue weighted by atomic mass is 15.2. The van der Waals surface area contributed by atoms with Gasteiger partial charge in [-0.05, 0) is 38.6 Å². The lowest BCUT2D eigenvalue weighted by Crippen LogP contribution is -2.37. The first-order chi connectivity index (χ1) is 10.2. The zero-order valence-corrected chi connectivity index (χ0v) is 12.9. The van der Waals surface area contributed by atoms with Crippen molar-refractivity contribution in [3.8, 4) is 0 Å². The molecule has 0 spiro atoms. The fraction of sp³-hybridized carbons (Fsp3) is 0.471. The maximum atomic E-state index is 5.94. The summed E-state index contributed by atoms with van der Waals surface area (Å²) in [5.41, 5.74) is 8.10. The average Bonchev–Trinajstić information content (AvgIpc) is 2.91. The van der Waals surface area contributed by atoms with Crippen molar-refractivity contribution in [2.75, 3.05) is 32.1 Å². The Kier molecular flexibility index (Phi) is 4.08. The van der Waals surface area contributed by atoms with Crippen LogP contribution in [0.4, 0.5) is 5.82 Å². The molecule has 1 aliphatic rings. The van der Waals surface area contributed by atoms with E-state index in [1.54, 1.807) is 0 Å². The lowest BCUT2D eigenvalue weighted by Gasteiger charge is -2.28. The van der Waals surface area contributed by atoms with Gasteiger partial charge in [0.15, 0.2) is 0 Å². The third-order valence-corrected chi connectivity index (χ3v) is 4.52. The number of benzene rings is 1. The molecule has 1 fully saturated rings. The monoisotopic (exact) mass is 284 g/mol. The zero-order chi connectivity index (χ0) is 14.8. The quantitative estimate of drug-likeness (QED) is 0.935. The Morgan fingerprint density at radius 3 is 2.90 bits per heavy atom. The van der Waals surface area contributed by atoms with Crippen LogP contribution in [0.25, 0.3) is 10.9 Å². The second-order valence-electron chi connectivity index (χ2n) is 6.03. The molecule has 1 aliphatic heterocycles. The van der Waals surface area contributed by atoms with E-state index in [1.165, 1.54) is 19.4 Å². The summed E-state index contributed by atoms with van der Waals surface area (Å²) in [7, 11) is 4.34. The Bertz CT molecular complexity index is 625.